The van der Waals surface area contributed by atoms with Gasteiger partial charge in [-0.1, -0.05) is 18.2 Å². The van der Waals surface area contributed by atoms with E-state index in [1.165, 1.54) is 16.6 Å². The smallest absolute Gasteiger partial charge is 0.239 e. The summed E-state index contributed by atoms with van der Waals surface area (Å²) in [5.41, 5.74) is 3.59. The molecule has 0 radical (unpaired) electrons. The molecular weight excluding hydrogens is 278 g/mol. The summed E-state index contributed by atoms with van der Waals surface area (Å²) in [6.45, 7) is 6.03. The molecule has 1 saturated heterocycles. The van der Waals surface area contributed by atoms with E-state index in [9.17, 15) is 4.79 Å². The van der Waals surface area contributed by atoms with Gasteiger partial charge in [0.1, 0.15) is 6.04 Å². The number of H-pyrrole nitrogens is 1. The van der Waals surface area contributed by atoms with Crippen molar-refractivity contribution in [3.05, 3.63) is 35.5 Å². The van der Waals surface area contributed by atoms with Crippen LogP contribution < -0.4 is 10.6 Å². The molecule has 3 rings (SSSR count). The van der Waals surface area contributed by atoms with E-state index in [-0.39, 0.29) is 18.1 Å². The van der Waals surface area contributed by atoms with Gasteiger partial charge in [-0.15, -0.1) is 0 Å². The summed E-state index contributed by atoms with van der Waals surface area (Å²) < 4.78 is 5.51. The van der Waals surface area contributed by atoms with Gasteiger partial charge in [0.05, 0.1) is 12.7 Å². The standard InChI is InChI=1S/C17H23N3O2/c1-11-13(14-5-3-4-6-15(14)20-11)7-8-19-17(21)16-12(2)22-10-9-18-16/h3-6,12,16,18,20H,7-10H2,1-2H3,(H,19,21)/t12-,16+/m1/s1. The fourth-order valence-corrected chi connectivity index (χ4v) is 3.10. The van der Waals surface area contributed by atoms with Crippen molar-refractivity contribution >= 4 is 16.8 Å². The molecule has 1 fully saturated rings. The molecule has 0 unspecified atom stereocenters. The SMILES string of the molecule is Cc1[nH]c2ccccc2c1CCNC(=O)[C@H]1NCCO[C@@H]1C. The van der Waals surface area contributed by atoms with Gasteiger partial charge in [-0.3, -0.25) is 4.79 Å². The van der Waals surface area contributed by atoms with E-state index in [0.717, 1.165) is 18.5 Å². The molecule has 5 nitrogen and oxygen atoms in total. The number of para-hydroxylation sites is 1. The van der Waals surface area contributed by atoms with Crippen LogP contribution in [0.1, 0.15) is 18.2 Å². The number of aryl methyl sites for hydroxylation is 1. The predicted molar refractivity (Wildman–Crippen MR) is 87.0 cm³/mol. The summed E-state index contributed by atoms with van der Waals surface area (Å²) in [4.78, 5) is 15.6. The number of nitrogens with one attached hydrogen (secondary N) is 3. The second-order valence-corrected chi connectivity index (χ2v) is 5.82. The summed E-state index contributed by atoms with van der Waals surface area (Å²) in [6.07, 6.45) is 0.743. The fraction of sp³-hybridized carbons (Fsp3) is 0.471. The monoisotopic (exact) mass is 301 g/mol. The number of ether oxygens (including phenoxy) is 1. The van der Waals surface area contributed by atoms with Crippen LogP contribution in [0.2, 0.25) is 0 Å². The van der Waals surface area contributed by atoms with Gasteiger partial charge in [0.15, 0.2) is 0 Å². The average molecular weight is 301 g/mol. The molecule has 0 aliphatic carbocycles. The Morgan fingerprint density at radius 3 is 3.05 bits per heavy atom. The minimum absolute atomic E-state index is 0.0182. The highest BCUT2D eigenvalue weighted by atomic mass is 16.5. The highest BCUT2D eigenvalue weighted by Crippen LogP contribution is 2.21. The van der Waals surface area contributed by atoms with Crippen molar-refractivity contribution in [3.8, 4) is 0 Å². The lowest BCUT2D eigenvalue weighted by Gasteiger charge is -2.29. The third-order valence-electron chi connectivity index (χ3n) is 4.30. The van der Waals surface area contributed by atoms with Crippen molar-refractivity contribution in [1.29, 1.82) is 0 Å². The van der Waals surface area contributed by atoms with Crippen LogP contribution in [0, 0.1) is 6.92 Å². The molecule has 22 heavy (non-hydrogen) atoms. The van der Waals surface area contributed by atoms with E-state index < -0.39 is 0 Å². The number of aromatic nitrogens is 1. The number of hydrogen-bond donors (Lipinski definition) is 3. The van der Waals surface area contributed by atoms with Crippen LogP contribution in [-0.4, -0.2) is 42.7 Å². The topological polar surface area (TPSA) is 66.2 Å². The normalized spacial score (nSPS) is 21.9. The maximum atomic E-state index is 12.2. The van der Waals surface area contributed by atoms with Gasteiger partial charge in [0.2, 0.25) is 5.91 Å². The second kappa shape index (κ2) is 6.50. The van der Waals surface area contributed by atoms with Gasteiger partial charge in [-0.25, -0.2) is 0 Å². The molecule has 1 amide bonds. The van der Waals surface area contributed by atoms with Crippen molar-refractivity contribution < 1.29 is 9.53 Å². The lowest BCUT2D eigenvalue weighted by atomic mass is 10.1. The van der Waals surface area contributed by atoms with Gasteiger partial charge in [0, 0.05) is 29.7 Å². The van der Waals surface area contributed by atoms with Crippen LogP contribution in [0.3, 0.4) is 0 Å². The lowest BCUT2D eigenvalue weighted by Crippen LogP contribution is -2.55. The van der Waals surface area contributed by atoms with Crippen LogP contribution in [0.15, 0.2) is 24.3 Å². The highest BCUT2D eigenvalue weighted by Gasteiger charge is 2.27. The van der Waals surface area contributed by atoms with Crippen molar-refractivity contribution in [2.45, 2.75) is 32.4 Å². The van der Waals surface area contributed by atoms with Gasteiger partial charge in [-0.05, 0) is 31.9 Å². The van der Waals surface area contributed by atoms with Crippen LogP contribution in [0.4, 0.5) is 0 Å². The Labute approximate surface area is 130 Å². The summed E-state index contributed by atoms with van der Waals surface area (Å²) in [7, 11) is 0. The first kappa shape index (κ1) is 15.1. The van der Waals surface area contributed by atoms with E-state index >= 15 is 0 Å². The number of carbonyl (C=O) groups is 1. The molecule has 2 atom stereocenters. The van der Waals surface area contributed by atoms with Crippen LogP contribution >= 0.6 is 0 Å². The van der Waals surface area contributed by atoms with E-state index in [1.54, 1.807) is 0 Å². The Morgan fingerprint density at radius 1 is 1.41 bits per heavy atom. The minimum Gasteiger partial charge on any atom is -0.375 e. The molecule has 1 aliphatic rings. The summed E-state index contributed by atoms with van der Waals surface area (Å²) in [6, 6.07) is 8.02. The van der Waals surface area contributed by atoms with Gasteiger partial charge in [0.25, 0.3) is 0 Å². The fourth-order valence-electron chi connectivity index (χ4n) is 3.10. The Morgan fingerprint density at radius 2 is 2.23 bits per heavy atom. The molecule has 2 heterocycles. The summed E-state index contributed by atoms with van der Waals surface area (Å²) in [5.74, 6) is 0.0182. The molecule has 118 valence electrons. The van der Waals surface area contributed by atoms with Crippen molar-refractivity contribution in [2.75, 3.05) is 19.7 Å². The maximum Gasteiger partial charge on any atom is 0.239 e. The third-order valence-corrected chi connectivity index (χ3v) is 4.30. The highest BCUT2D eigenvalue weighted by molar-refractivity contribution is 5.85. The predicted octanol–water partition coefficient (Wildman–Crippen LogP) is 1.51. The van der Waals surface area contributed by atoms with E-state index in [1.807, 2.05) is 19.1 Å². The average Bonchev–Trinajstić information content (AvgIpc) is 2.83. The largest absolute Gasteiger partial charge is 0.375 e. The molecule has 0 bridgehead atoms. The Bertz CT molecular complexity index is 665. The third kappa shape index (κ3) is 3.00. The first-order valence-electron chi connectivity index (χ1n) is 7.85. The number of fused-ring (bicyclic) bond motifs is 1. The molecular formula is C17H23N3O2. The Balaban J connectivity index is 1.60. The van der Waals surface area contributed by atoms with Gasteiger partial charge < -0.3 is 20.4 Å². The number of carbonyl (C=O) groups excluding carboxylic acids is 1. The van der Waals surface area contributed by atoms with E-state index in [0.29, 0.717) is 13.2 Å². The second-order valence-electron chi connectivity index (χ2n) is 5.82. The van der Waals surface area contributed by atoms with E-state index in [4.69, 9.17) is 4.74 Å². The number of amides is 1. The van der Waals surface area contributed by atoms with E-state index in [2.05, 4.69) is 34.7 Å². The molecule has 2 aromatic rings. The van der Waals surface area contributed by atoms with Crippen molar-refractivity contribution in [3.63, 3.8) is 0 Å². The van der Waals surface area contributed by atoms with Gasteiger partial charge >= 0.3 is 0 Å². The zero-order valence-corrected chi connectivity index (χ0v) is 13.1. The number of benzene rings is 1. The number of hydrogen-bond acceptors (Lipinski definition) is 3. The summed E-state index contributed by atoms with van der Waals surface area (Å²) >= 11 is 0. The van der Waals surface area contributed by atoms with Crippen molar-refractivity contribution in [2.24, 2.45) is 0 Å². The Hall–Kier alpha value is -1.85. The van der Waals surface area contributed by atoms with Crippen molar-refractivity contribution in [1.82, 2.24) is 15.6 Å². The Kier molecular flexibility index (Phi) is 4.45. The first-order valence-corrected chi connectivity index (χ1v) is 7.85. The molecule has 1 aromatic heterocycles. The molecule has 0 spiro atoms. The minimum atomic E-state index is -0.252. The zero-order valence-electron chi connectivity index (χ0n) is 13.1. The van der Waals surface area contributed by atoms with Crippen LogP contribution in [0.5, 0.6) is 0 Å². The number of aromatic amines is 1. The van der Waals surface area contributed by atoms with Gasteiger partial charge in [-0.2, -0.15) is 0 Å². The summed E-state index contributed by atoms with van der Waals surface area (Å²) in [5, 5.41) is 7.47. The molecule has 3 N–H and O–H groups in total. The molecule has 5 heteroatoms. The lowest BCUT2D eigenvalue weighted by molar-refractivity contribution is -0.128. The van der Waals surface area contributed by atoms with Crippen LogP contribution in [0.25, 0.3) is 10.9 Å². The molecule has 1 aromatic carbocycles. The van der Waals surface area contributed by atoms with Crippen LogP contribution in [-0.2, 0) is 16.0 Å². The molecule has 0 saturated carbocycles. The zero-order chi connectivity index (χ0) is 15.5. The quantitative estimate of drug-likeness (QED) is 0.802. The number of morpholine rings is 1. The first-order chi connectivity index (χ1) is 10.7. The maximum absolute atomic E-state index is 12.2. The number of rotatable bonds is 4. The molecule has 1 aliphatic heterocycles.